The molecule has 158 valence electrons. The molecule has 1 amide bonds. The molecule has 1 aromatic carbocycles. The summed E-state index contributed by atoms with van der Waals surface area (Å²) in [5, 5.41) is 13.1. The van der Waals surface area contributed by atoms with Gasteiger partial charge < -0.3 is 24.1 Å². The first-order chi connectivity index (χ1) is 15.0. The summed E-state index contributed by atoms with van der Waals surface area (Å²) < 4.78 is 11.2. The van der Waals surface area contributed by atoms with E-state index in [1.807, 2.05) is 29.5 Å². The maximum absolute atomic E-state index is 13.0. The fraction of sp³-hybridized carbons (Fsp3) is 0.217. The lowest BCUT2D eigenvalue weighted by atomic mass is 9.98. The van der Waals surface area contributed by atoms with Crippen molar-refractivity contribution in [3.05, 3.63) is 75.9 Å². The van der Waals surface area contributed by atoms with E-state index in [1.54, 1.807) is 30.3 Å². The van der Waals surface area contributed by atoms with Crippen LogP contribution in [0.5, 0.6) is 5.75 Å². The third-order valence-corrected chi connectivity index (χ3v) is 6.45. The van der Waals surface area contributed by atoms with Crippen LogP contribution >= 0.6 is 11.3 Å². The Hall–Kier alpha value is -3.52. The van der Waals surface area contributed by atoms with E-state index < -0.39 is 17.7 Å². The van der Waals surface area contributed by atoms with Gasteiger partial charge in [-0.05, 0) is 41.8 Å². The predicted molar refractivity (Wildman–Crippen MR) is 116 cm³/mol. The lowest BCUT2D eigenvalue weighted by molar-refractivity contribution is -0.140. The van der Waals surface area contributed by atoms with Gasteiger partial charge in [-0.2, -0.15) is 0 Å². The van der Waals surface area contributed by atoms with E-state index in [9.17, 15) is 14.7 Å². The number of carbonyl (C=O) groups excluding carboxylic acids is 2. The van der Waals surface area contributed by atoms with Crippen LogP contribution in [0.1, 0.15) is 22.2 Å². The Labute approximate surface area is 182 Å². The molecular weight excluding hydrogens is 416 g/mol. The van der Waals surface area contributed by atoms with Crippen LogP contribution in [0.2, 0.25) is 0 Å². The number of rotatable bonds is 4. The molecule has 0 bridgehead atoms. The maximum atomic E-state index is 13.0. The Morgan fingerprint density at radius 1 is 1.23 bits per heavy atom. The van der Waals surface area contributed by atoms with Crippen LogP contribution in [-0.4, -0.2) is 41.9 Å². The summed E-state index contributed by atoms with van der Waals surface area (Å²) in [6, 6.07) is 11.6. The molecule has 2 aliphatic heterocycles. The zero-order chi connectivity index (χ0) is 21.5. The van der Waals surface area contributed by atoms with Crippen LogP contribution in [0, 0.1) is 0 Å². The number of furan rings is 1. The number of thiophene rings is 1. The van der Waals surface area contributed by atoms with Crippen molar-refractivity contribution in [1.82, 2.24) is 4.90 Å². The normalized spacial score (nSPS) is 20.1. The van der Waals surface area contributed by atoms with E-state index in [2.05, 4.69) is 0 Å². The van der Waals surface area contributed by atoms with Gasteiger partial charge in [-0.25, -0.2) is 0 Å². The number of hydrogen-bond acceptors (Lipinski definition) is 7. The molecule has 2 aliphatic rings. The van der Waals surface area contributed by atoms with Crippen molar-refractivity contribution in [2.24, 2.45) is 0 Å². The van der Waals surface area contributed by atoms with Crippen molar-refractivity contribution in [2.45, 2.75) is 12.6 Å². The summed E-state index contributed by atoms with van der Waals surface area (Å²) >= 11 is 1.50. The molecule has 3 aromatic rings. The van der Waals surface area contributed by atoms with E-state index >= 15 is 0 Å². The number of fused-ring (bicyclic) bond motifs is 1. The Bertz CT molecular complexity index is 1170. The standard InChI is InChI=1S/C23H20N2O5S/c1-24-8-10-30-17-7-6-14(12-16(17)24)21(26)19-20(18-5-2-9-29-18)25(23(28)22(19)27)13-15-4-3-11-31-15/h2-7,9,11-12,20,26H,8,10,13H2,1H3/b21-19-. The molecule has 7 nitrogen and oxygen atoms in total. The Morgan fingerprint density at radius 2 is 2.10 bits per heavy atom. The summed E-state index contributed by atoms with van der Waals surface area (Å²) in [6.45, 7) is 1.56. The highest BCUT2D eigenvalue weighted by atomic mass is 32.1. The number of amides is 1. The zero-order valence-corrected chi connectivity index (χ0v) is 17.6. The minimum Gasteiger partial charge on any atom is -0.507 e. The van der Waals surface area contributed by atoms with Gasteiger partial charge >= 0.3 is 0 Å². The van der Waals surface area contributed by atoms with Crippen molar-refractivity contribution in [3.63, 3.8) is 0 Å². The van der Waals surface area contributed by atoms with Gasteiger partial charge in [0.15, 0.2) is 0 Å². The number of Topliss-reactive ketones (excluding diaryl/α,β-unsaturated/α-hetero) is 1. The van der Waals surface area contributed by atoms with Gasteiger partial charge in [0, 0.05) is 17.5 Å². The fourth-order valence-corrected chi connectivity index (χ4v) is 4.71. The summed E-state index contributed by atoms with van der Waals surface area (Å²) in [5.41, 5.74) is 1.29. The fourth-order valence-electron chi connectivity index (χ4n) is 4.01. The molecule has 0 radical (unpaired) electrons. The third-order valence-electron chi connectivity index (χ3n) is 5.59. The number of ether oxygens (including phenoxy) is 1. The Kier molecular flexibility index (Phi) is 4.78. The van der Waals surface area contributed by atoms with Crippen LogP contribution in [0.4, 0.5) is 5.69 Å². The van der Waals surface area contributed by atoms with E-state index in [0.717, 1.165) is 17.1 Å². The predicted octanol–water partition coefficient (Wildman–Crippen LogP) is 3.79. The molecular formula is C23H20N2O5S. The summed E-state index contributed by atoms with van der Waals surface area (Å²) in [4.78, 5) is 30.4. The zero-order valence-electron chi connectivity index (χ0n) is 16.8. The highest BCUT2D eigenvalue weighted by Gasteiger charge is 2.47. The topological polar surface area (TPSA) is 83.2 Å². The molecule has 8 heteroatoms. The summed E-state index contributed by atoms with van der Waals surface area (Å²) in [7, 11) is 1.94. The number of likely N-dealkylation sites (N-methyl/N-ethyl adjacent to an activating group) is 1. The smallest absolute Gasteiger partial charge is 0.296 e. The van der Waals surface area contributed by atoms with Crippen molar-refractivity contribution >= 4 is 34.5 Å². The number of hydrogen-bond donors (Lipinski definition) is 1. The Balaban J connectivity index is 1.62. The molecule has 4 heterocycles. The van der Waals surface area contributed by atoms with Gasteiger partial charge in [0.2, 0.25) is 0 Å². The van der Waals surface area contributed by atoms with Crippen LogP contribution in [0.15, 0.2) is 64.1 Å². The lowest BCUT2D eigenvalue weighted by Gasteiger charge is -2.28. The van der Waals surface area contributed by atoms with Crippen LogP contribution in [0.3, 0.4) is 0 Å². The first-order valence-electron chi connectivity index (χ1n) is 9.87. The molecule has 1 fully saturated rings. The van der Waals surface area contributed by atoms with Gasteiger partial charge in [-0.3, -0.25) is 9.59 Å². The molecule has 1 saturated heterocycles. The van der Waals surface area contributed by atoms with Crippen LogP contribution in [0.25, 0.3) is 5.76 Å². The average Bonchev–Trinajstić information content (AvgIpc) is 3.52. The lowest BCUT2D eigenvalue weighted by Crippen LogP contribution is -2.28. The van der Waals surface area contributed by atoms with Gasteiger partial charge in [-0.1, -0.05) is 6.07 Å². The summed E-state index contributed by atoms with van der Waals surface area (Å²) in [6.07, 6.45) is 1.49. The van der Waals surface area contributed by atoms with Gasteiger partial charge in [0.05, 0.1) is 30.6 Å². The molecule has 1 N–H and O–H groups in total. The number of carbonyl (C=O) groups is 2. The molecule has 1 unspecified atom stereocenters. The van der Waals surface area contributed by atoms with E-state index in [1.165, 1.54) is 22.5 Å². The molecule has 2 aromatic heterocycles. The number of aliphatic hydroxyl groups is 1. The molecule has 5 rings (SSSR count). The minimum absolute atomic E-state index is 0.0239. The highest BCUT2D eigenvalue weighted by Crippen LogP contribution is 2.42. The second-order valence-electron chi connectivity index (χ2n) is 7.47. The van der Waals surface area contributed by atoms with Gasteiger partial charge in [0.25, 0.3) is 11.7 Å². The molecule has 0 spiro atoms. The van der Waals surface area contributed by atoms with E-state index in [0.29, 0.717) is 23.7 Å². The molecule has 1 atom stereocenters. The highest BCUT2D eigenvalue weighted by molar-refractivity contribution is 7.09. The van der Waals surface area contributed by atoms with E-state index in [4.69, 9.17) is 9.15 Å². The Morgan fingerprint density at radius 3 is 2.84 bits per heavy atom. The van der Waals surface area contributed by atoms with Gasteiger partial charge in [-0.15, -0.1) is 11.3 Å². The van der Waals surface area contributed by atoms with Crippen LogP contribution in [-0.2, 0) is 16.1 Å². The van der Waals surface area contributed by atoms with Crippen molar-refractivity contribution in [3.8, 4) is 5.75 Å². The number of anilines is 1. The second-order valence-corrected chi connectivity index (χ2v) is 8.51. The van der Waals surface area contributed by atoms with E-state index in [-0.39, 0.29) is 17.9 Å². The quantitative estimate of drug-likeness (QED) is 0.381. The van der Waals surface area contributed by atoms with Gasteiger partial charge in [0.1, 0.15) is 29.9 Å². The number of benzene rings is 1. The first kappa shape index (κ1) is 19.4. The number of ketones is 1. The minimum atomic E-state index is -0.804. The molecule has 0 saturated carbocycles. The SMILES string of the molecule is CN1CCOc2ccc(/C(O)=C3/C(=O)C(=O)N(Cc4cccs4)C3c3ccco3)cc21. The maximum Gasteiger partial charge on any atom is 0.296 e. The van der Waals surface area contributed by atoms with Crippen molar-refractivity contribution < 1.29 is 23.8 Å². The number of aliphatic hydroxyl groups excluding tert-OH is 1. The summed E-state index contributed by atoms with van der Waals surface area (Å²) in [5.74, 6) is -0.468. The third kappa shape index (κ3) is 3.29. The number of likely N-dealkylation sites (tertiary alicyclic amines) is 1. The first-order valence-corrected chi connectivity index (χ1v) is 10.7. The van der Waals surface area contributed by atoms with Crippen molar-refractivity contribution in [1.29, 1.82) is 0 Å². The largest absolute Gasteiger partial charge is 0.507 e. The number of nitrogens with zero attached hydrogens (tertiary/aromatic N) is 2. The average molecular weight is 436 g/mol. The van der Waals surface area contributed by atoms with Crippen molar-refractivity contribution in [2.75, 3.05) is 25.1 Å². The molecule has 0 aliphatic carbocycles. The monoisotopic (exact) mass is 436 g/mol. The second kappa shape index (κ2) is 7.63. The molecule has 31 heavy (non-hydrogen) atoms. The van der Waals surface area contributed by atoms with Crippen LogP contribution < -0.4 is 9.64 Å².